The molecule has 16 heavy (non-hydrogen) atoms. The first-order valence-electron chi connectivity index (χ1n) is 5.43. The fourth-order valence-electron chi connectivity index (χ4n) is 1.77. The number of rotatable bonds is 5. The van der Waals surface area contributed by atoms with Crippen molar-refractivity contribution in [3.63, 3.8) is 0 Å². The minimum atomic E-state index is -0.493. The highest BCUT2D eigenvalue weighted by atomic mass is 79.9. The van der Waals surface area contributed by atoms with Gasteiger partial charge in [0.05, 0.1) is 6.10 Å². The molecule has 0 radical (unpaired) electrons. The summed E-state index contributed by atoms with van der Waals surface area (Å²) >= 11 is 6.86. The maximum absolute atomic E-state index is 10.3. The van der Waals surface area contributed by atoms with E-state index in [2.05, 4.69) is 38.8 Å². The van der Waals surface area contributed by atoms with Gasteiger partial charge in [-0.2, -0.15) is 0 Å². The van der Waals surface area contributed by atoms with Gasteiger partial charge in [0, 0.05) is 14.9 Å². The van der Waals surface area contributed by atoms with E-state index < -0.39 is 6.10 Å². The summed E-state index contributed by atoms with van der Waals surface area (Å²) in [7, 11) is 0. The van der Waals surface area contributed by atoms with E-state index in [-0.39, 0.29) is 5.92 Å². The molecule has 1 aromatic rings. The van der Waals surface area contributed by atoms with Gasteiger partial charge in [-0.3, -0.25) is 0 Å². The third-order valence-electron chi connectivity index (χ3n) is 2.69. The highest BCUT2D eigenvalue weighted by Gasteiger charge is 2.20. The van der Waals surface area contributed by atoms with Gasteiger partial charge in [-0.25, -0.2) is 0 Å². The van der Waals surface area contributed by atoms with E-state index in [1.165, 1.54) is 0 Å². The molecule has 1 aromatic carbocycles. The van der Waals surface area contributed by atoms with Crippen LogP contribution in [0.4, 0.5) is 0 Å². The van der Waals surface area contributed by atoms with Gasteiger partial charge < -0.3 is 10.8 Å². The van der Waals surface area contributed by atoms with Crippen LogP contribution in [0.1, 0.15) is 31.4 Å². The van der Waals surface area contributed by atoms with Crippen LogP contribution in [0.5, 0.6) is 0 Å². The lowest BCUT2D eigenvalue weighted by Gasteiger charge is -2.22. The van der Waals surface area contributed by atoms with Crippen LogP contribution in [-0.2, 0) is 0 Å². The fraction of sp³-hybridized carbons (Fsp3) is 0.500. The highest BCUT2D eigenvalue weighted by molar-refractivity contribution is 9.11. The van der Waals surface area contributed by atoms with Crippen molar-refractivity contribution in [1.29, 1.82) is 0 Å². The summed E-state index contributed by atoms with van der Waals surface area (Å²) in [6.07, 6.45) is 1.49. The molecule has 2 unspecified atom stereocenters. The zero-order valence-corrected chi connectivity index (χ0v) is 12.5. The molecule has 0 spiro atoms. The minimum Gasteiger partial charge on any atom is -0.388 e. The van der Waals surface area contributed by atoms with Crippen LogP contribution in [0.3, 0.4) is 0 Å². The van der Waals surface area contributed by atoms with E-state index in [1.54, 1.807) is 0 Å². The zero-order valence-electron chi connectivity index (χ0n) is 9.29. The lowest BCUT2D eigenvalue weighted by atomic mass is 9.92. The Morgan fingerprint density at radius 1 is 1.38 bits per heavy atom. The Morgan fingerprint density at radius 2 is 2.06 bits per heavy atom. The maximum atomic E-state index is 10.3. The van der Waals surface area contributed by atoms with Gasteiger partial charge in [0.15, 0.2) is 0 Å². The summed E-state index contributed by atoms with van der Waals surface area (Å²) < 4.78 is 1.92. The van der Waals surface area contributed by atoms with Crippen LogP contribution >= 0.6 is 31.9 Å². The predicted octanol–water partition coefficient (Wildman–Crippen LogP) is 3.62. The van der Waals surface area contributed by atoms with E-state index in [1.807, 2.05) is 18.2 Å². The van der Waals surface area contributed by atoms with Crippen LogP contribution in [0.15, 0.2) is 27.1 Å². The molecule has 0 aliphatic heterocycles. The van der Waals surface area contributed by atoms with Gasteiger partial charge in [-0.15, -0.1) is 0 Å². The summed E-state index contributed by atoms with van der Waals surface area (Å²) in [5.74, 6) is 0.127. The monoisotopic (exact) mass is 349 g/mol. The fourth-order valence-corrected chi connectivity index (χ4v) is 3.05. The van der Waals surface area contributed by atoms with E-state index >= 15 is 0 Å². The second-order valence-electron chi connectivity index (χ2n) is 3.90. The molecule has 1 rings (SSSR count). The Bertz CT molecular complexity index is 344. The quantitative estimate of drug-likeness (QED) is 0.851. The van der Waals surface area contributed by atoms with Crippen molar-refractivity contribution in [2.75, 3.05) is 6.54 Å². The first-order valence-corrected chi connectivity index (χ1v) is 7.01. The third-order valence-corrected chi connectivity index (χ3v) is 3.87. The second kappa shape index (κ2) is 6.74. The molecule has 0 bridgehead atoms. The molecule has 90 valence electrons. The number of halogens is 2. The van der Waals surface area contributed by atoms with Gasteiger partial charge in [0.2, 0.25) is 0 Å². The molecule has 0 heterocycles. The Balaban J connectivity index is 2.89. The average Bonchev–Trinajstić information content (AvgIpc) is 2.25. The predicted molar refractivity (Wildman–Crippen MR) is 74.3 cm³/mol. The third kappa shape index (κ3) is 3.55. The van der Waals surface area contributed by atoms with Gasteiger partial charge in [-0.1, -0.05) is 51.3 Å². The summed E-state index contributed by atoms with van der Waals surface area (Å²) in [4.78, 5) is 0. The maximum Gasteiger partial charge on any atom is 0.0841 e. The smallest absolute Gasteiger partial charge is 0.0841 e. The first kappa shape index (κ1) is 14.2. The summed E-state index contributed by atoms with van der Waals surface area (Å²) in [6, 6.07) is 5.80. The van der Waals surface area contributed by atoms with Crippen LogP contribution in [0.2, 0.25) is 0 Å². The number of nitrogens with two attached hydrogens (primary N) is 1. The largest absolute Gasteiger partial charge is 0.388 e. The molecule has 0 amide bonds. The van der Waals surface area contributed by atoms with Crippen LogP contribution < -0.4 is 5.73 Å². The molecule has 0 aliphatic rings. The molecule has 0 fully saturated rings. The van der Waals surface area contributed by atoms with E-state index in [0.29, 0.717) is 6.54 Å². The van der Waals surface area contributed by atoms with Crippen molar-refractivity contribution in [3.05, 3.63) is 32.7 Å². The molecule has 4 heteroatoms. The van der Waals surface area contributed by atoms with Crippen molar-refractivity contribution in [2.24, 2.45) is 11.7 Å². The van der Waals surface area contributed by atoms with E-state index in [0.717, 1.165) is 27.4 Å². The highest BCUT2D eigenvalue weighted by Crippen LogP contribution is 2.32. The zero-order chi connectivity index (χ0) is 12.1. The summed E-state index contributed by atoms with van der Waals surface area (Å²) in [6.45, 7) is 2.61. The molecule has 0 aliphatic carbocycles. The topological polar surface area (TPSA) is 46.2 Å². The van der Waals surface area contributed by atoms with Crippen molar-refractivity contribution < 1.29 is 5.11 Å². The lowest BCUT2D eigenvalue weighted by Crippen LogP contribution is -2.22. The number of aliphatic hydroxyl groups is 1. The summed E-state index contributed by atoms with van der Waals surface area (Å²) in [5.41, 5.74) is 6.60. The molecular formula is C12H17Br2NO. The molecular weight excluding hydrogens is 334 g/mol. The number of hydrogen-bond donors (Lipinski definition) is 2. The first-order chi connectivity index (χ1) is 7.60. The lowest BCUT2D eigenvalue weighted by molar-refractivity contribution is 0.106. The normalized spacial score (nSPS) is 14.8. The molecule has 2 nitrogen and oxygen atoms in total. The number of hydrogen-bond acceptors (Lipinski definition) is 2. The van der Waals surface area contributed by atoms with Crippen LogP contribution in [0.25, 0.3) is 0 Å². The summed E-state index contributed by atoms with van der Waals surface area (Å²) in [5, 5.41) is 10.3. The van der Waals surface area contributed by atoms with Gasteiger partial charge in [0.1, 0.15) is 0 Å². The van der Waals surface area contributed by atoms with Crippen molar-refractivity contribution in [2.45, 2.75) is 25.9 Å². The Hall–Kier alpha value is 0.1000. The van der Waals surface area contributed by atoms with Crippen LogP contribution in [-0.4, -0.2) is 11.7 Å². The molecule has 3 N–H and O–H groups in total. The van der Waals surface area contributed by atoms with Crippen molar-refractivity contribution >= 4 is 31.9 Å². The molecule has 0 saturated carbocycles. The van der Waals surface area contributed by atoms with E-state index in [4.69, 9.17) is 5.73 Å². The minimum absolute atomic E-state index is 0.127. The van der Waals surface area contributed by atoms with Crippen LogP contribution in [0, 0.1) is 5.92 Å². The van der Waals surface area contributed by atoms with Crippen molar-refractivity contribution in [1.82, 2.24) is 0 Å². The van der Waals surface area contributed by atoms with E-state index in [9.17, 15) is 5.11 Å². The second-order valence-corrected chi connectivity index (χ2v) is 5.67. The molecule has 0 saturated heterocycles. The van der Waals surface area contributed by atoms with Gasteiger partial charge in [0.25, 0.3) is 0 Å². The SMILES string of the molecule is CCCC(CN)C(O)c1ccc(Br)cc1Br. The molecule has 2 atom stereocenters. The van der Waals surface area contributed by atoms with Crippen molar-refractivity contribution in [3.8, 4) is 0 Å². The Kier molecular flexibility index (Phi) is 5.97. The average molecular weight is 351 g/mol. The molecule has 0 aromatic heterocycles. The number of aliphatic hydroxyl groups excluding tert-OH is 1. The van der Waals surface area contributed by atoms with Gasteiger partial charge in [-0.05, 0) is 30.7 Å². The Morgan fingerprint density at radius 3 is 2.56 bits per heavy atom. The number of benzene rings is 1. The standard InChI is InChI=1S/C12H17Br2NO/c1-2-3-8(7-15)12(16)10-5-4-9(13)6-11(10)14/h4-6,8,12,16H,2-3,7,15H2,1H3. The Labute approximate surface area is 113 Å². The van der Waals surface area contributed by atoms with Gasteiger partial charge >= 0.3 is 0 Å².